The second-order valence-electron chi connectivity index (χ2n) is 2.93. The van der Waals surface area contributed by atoms with Crippen LogP contribution in [-0.4, -0.2) is 16.2 Å². The Hall–Kier alpha value is -1.47. The summed E-state index contributed by atoms with van der Waals surface area (Å²) in [6, 6.07) is 6.15. The van der Waals surface area contributed by atoms with Crippen LogP contribution in [-0.2, 0) is 6.42 Å². The number of nitriles is 1. The molecule has 0 bridgehead atoms. The van der Waals surface area contributed by atoms with Gasteiger partial charge >= 0.3 is 0 Å². The number of rotatable bonds is 2. The molecule has 0 radical (unpaired) electrons. The summed E-state index contributed by atoms with van der Waals surface area (Å²) in [6.07, 6.45) is 4.14. The Morgan fingerprint density at radius 1 is 1.57 bits per heavy atom. The number of hydrogen-bond donors (Lipinski definition) is 1. The maximum Gasteiger partial charge on any atom is 0.102 e. The number of benzene rings is 1. The van der Waals surface area contributed by atoms with Crippen LogP contribution < -0.4 is 0 Å². The molecule has 0 saturated carbocycles. The number of nitrogens with zero attached hydrogens (tertiary/aromatic N) is 2. The second-order valence-corrected chi connectivity index (χ2v) is 3.78. The van der Waals surface area contributed by atoms with E-state index in [9.17, 15) is 0 Å². The molecular weight excluding hydrogens is 194 g/mol. The summed E-state index contributed by atoms with van der Waals surface area (Å²) in [5, 5.41) is 8.62. The van der Waals surface area contributed by atoms with Crippen LogP contribution >= 0.6 is 11.8 Å². The van der Waals surface area contributed by atoms with Crippen LogP contribution in [0.4, 0.5) is 0 Å². The predicted molar refractivity (Wildman–Crippen MR) is 57.2 cm³/mol. The monoisotopic (exact) mass is 203 g/mol. The number of aromatic amines is 1. The van der Waals surface area contributed by atoms with Crippen LogP contribution in [0.25, 0.3) is 11.0 Å². The van der Waals surface area contributed by atoms with Crippen LogP contribution in [0.3, 0.4) is 0 Å². The fraction of sp³-hybridized carbons (Fsp3) is 0.200. The van der Waals surface area contributed by atoms with Crippen LogP contribution in [0.15, 0.2) is 23.4 Å². The number of hydrogen-bond acceptors (Lipinski definition) is 3. The molecule has 4 heteroatoms. The summed E-state index contributed by atoms with van der Waals surface area (Å²) >= 11 is 1.65. The highest BCUT2D eigenvalue weighted by Gasteiger charge is 2.05. The van der Waals surface area contributed by atoms with E-state index in [1.807, 2.05) is 18.4 Å². The minimum atomic E-state index is 0.447. The van der Waals surface area contributed by atoms with E-state index in [1.165, 1.54) is 0 Å². The molecular formula is C10H9N3S. The lowest BCUT2D eigenvalue weighted by atomic mass is 10.1. The van der Waals surface area contributed by atoms with Gasteiger partial charge in [0.15, 0.2) is 0 Å². The molecule has 0 atom stereocenters. The van der Waals surface area contributed by atoms with Crippen molar-refractivity contribution in [2.75, 3.05) is 6.26 Å². The maximum atomic E-state index is 8.62. The van der Waals surface area contributed by atoms with Crippen LogP contribution in [0, 0.1) is 11.3 Å². The van der Waals surface area contributed by atoms with Crippen molar-refractivity contribution in [1.29, 1.82) is 5.26 Å². The van der Waals surface area contributed by atoms with Crippen molar-refractivity contribution in [3.8, 4) is 6.07 Å². The van der Waals surface area contributed by atoms with Gasteiger partial charge in [0.25, 0.3) is 0 Å². The third kappa shape index (κ3) is 1.47. The van der Waals surface area contributed by atoms with Gasteiger partial charge < -0.3 is 4.98 Å². The molecule has 0 fully saturated rings. The van der Waals surface area contributed by atoms with Crippen molar-refractivity contribution < 1.29 is 0 Å². The maximum absolute atomic E-state index is 8.62. The summed E-state index contributed by atoms with van der Waals surface area (Å²) in [5.74, 6) is 0. The molecule has 1 heterocycles. The summed E-state index contributed by atoms with van der Waals surface area (Å²) in [6.45, 7) is 0. The Morgan fingerprint density at radius 2 is 2.43 bits per heavy atom. The summed E-state index contributed by atoms with van der Waals surface area (Å²) < 4.78 is 0. The molecule has 3 nitrogen and oxygen atoms in total. The van der Waals surface area contributed by atoms with Crippen molar-refractivity contribution >= 4 is 22.8 Å². The second kappa shape index (κ2) is 3.72. The summed E-state index contributed by atoms with van der Waals surface area (Å²) in [4.78, 5) is 8.41. The lowest BCUT2D eigenvalue weighted by molar-refractivity contribution is 1.24. The first kappa shape index (κ1) is 9.10. The largest absolute Gasteiger partial charge is 0.345 e. The molecule has 1 aromatic carbocycles. The Kier molecular flexibility index (Phi) is 2.42. The van der Waals surface area contributed by atoms with Gasteiger partial charge in [-0.05, 0) is 24.0 Å². The molecule has 0 unspecified atom stereocenters. The Balaban J connectivity index is 2.62. The van der Waals surface area contributed by atoms with E-state index in [0.717, 1.165) is 21.5 Å². The van der Waals surface area contributed by atoms with E-state index in [4.69, 9.17) is 5.26 Å². The molecule has 70 valence electrons. The molecule has 0 saturated heterocycles. The number of nitrogens with one attached hydrogen (secondary N) is 1. The third-order valence-corrected chi connectivity index (χ3v) is 2.80. The Morgan fingerprint density at radius 3 is 3.14 bits per heavy atom. The molecule has 0 aliphatic carbocycles. The predicted octanol–water partition coefficient (Wildman–Crippen LogP) is 2.35. The average Bonchev–Trinajstić information content (AvgIpc) is 2.65. The van der Waals surface area contributed by atoms with Gasteiger partial charge in [0.2, 0.25) is 0 Å². The first-order valence-corrected chi connectivity index (χ1v) is 5.44. The highest BCUT2D eigenvalue weighted by molar-refractivity contribution is 7.98. The minimum absolute atomic E-state index is 0.447. The SMILES string of the molecule is CSc1cc(CC#N)cc2[nH]cnc12. The molecule has 1 N–H and O–H groups in total. The van der Waals surface area contributed by atoms with Crippen molar-refractivity contribution in [2.24, 2.45) is 0 Å². The van der Waals surface area contributed by atoms with Gasteiger partial charge in [0, 0.05) is 4.90 Å². The average molecular weight is 203 g/mol. The fourth-order valence-corrected chi connectivity index (χ4v) is 2.05. The van der Waals surface area contributed by atoms with Crippen LogP contribution in [0.1, 0.15) is 5.56 Å². The zero-order chi connectivity index (χ0) is 9.97. The van der Waals surface area contributed by atoms with Gasteiger partial charge in [0.05, 0.1) is 24.3 Å². The van der Waals surface area contributed by atoms with Gasteiger partial charge in [-0.25, -0.2) is 4.98 Å². The fourth-order valence-electron chi connectivity index (χ4n) is 1.42. The van der Waals surface area contributed by atoms with Crippen LogP contribution in [0.2, 0.25) is 0 Å². The van der Waals surface area contributed by atoms with Crippen molar-refractivity contribution in [1.82, 2.24) is 9.97 Å². The molecule has 14 heavy (non-hydrogen) atoms. The smallest absolute Gasteiger partial charge is 0.102 e. The number of imidazole rings is 1. The van der Waals surface area contributed by atoms with E-state index in [1.54, 1.807) is 18.1 Å². The van der Waals surface area contributed by atoms with Gasteiger partial charge in [-0.2, -0.15) is 5.26 Å². The van der Waals surface area contributed by atoms with Gasteiger partial charge in [-0.1, -0.05) is 0 Å². The molecule has 1 aromatic heterocycles. The van der Waals surface area contributed by atoms with E-state index < -0.39 is 0 Å². The normalized spacial score (nSPS) is 10.3. The van der Waals surface area contributed by atoms with E-state index in [0.29, 0.717) is 6.42 Å². The first-order chi connectivity index (χ1) is 6.85. The standard InChI is InChI=1S/C10H9N3S/c1-14-9-5-7(2-3-11)4-8-10(9)13-6-12-8/h4-6H,2H2,1H3,(H,12,13). The number of fused-ring (bicyclic) bond motifs is 1. The van der Waals surface area contributed by atoms with Crippen molar-refractivity contribution in [2.45, 2.75) is 11.3 Å². The lowest BCUT2D eigenvalue weighted by Gasteiger charge is -2.00. The molecule has 0 amide bonds. The third-order valence-electron chi connectivity index (χ3n) is 2.05. The minimum Gasteiger partial charge on any atom is -0.345 e. The molecule has 2 aromatic rings. The molecule has 0 aliphatic rings. The van der Waals surface area contributed by atoms with Gasteiger partial charge in [-0.15, -0.1) is 11.8 Å². The zero-order valence-electron chi connectivity index (χ0n) is 7.74. The van der Waals surface area contributed by atoms with Crippen LogP contribution in [0.5, 0.6) is 0 Å². The van der Waals surface area contributed by atoms with E-state index in [-0.39, 0.29) is 0 Å². The number of aromatic nitrogens is 2. The summed E-state index contributed by atoms with van der Waals surface area (Å²) in [7, 11) is 0. The van der Waals surface area contributed by atoms with E-state index in [2.05, 4.69) is 16.0 Å². The zero-order valence-corrected chi connectivity index (χ0v) is 8.56. The van der Waals surface area contributed by atoms with Gasteiger partial charge in [-0.3, -0.25) is 0 Å². The first-order valence-electron chi connectivity index (χ1n) is 4.22. The summed E-state index contributed by atoms with van der Waals surface area (Å²) in [5.41, 5.74) is 3.02. The Bertz CT molecular complexity index is 496. The highest BCUT2D eigenvalue weighted by atomic mass is 32.2. The molecule has 0 spiro atoms. The lowest BCUT2D eigenvalue weighted by Crippen LogP contribution is -1.84. The van der Waals surface area contributed by atoms with Crippen molar-refractivity contribution in [3.63, 3.8) is 0 Å². The number of thioether (sulfide) groups is 1. The van der Waals surface area contributed by atoms with E-state index >= 15 is 0 Å². The molecule has 2 rings (SSSR count). The molecule has 0 aliphatic heterocycles. The Labute approximate surface area is 86.2 Å². The van der Waals surface area contributed by atoms with Gasteiger partial charge in [0.1, 0.15) is 5.52 Å². The van der Waals surface area contributed by atoms with Crippen molar-refractivity contribution in [3.05, 3.63) is 24.0 Å². The highest BCUT2D eigenvalue weighted by Crippen LogP contribution is 2.25. The topological polar surface area (TPSA) is 52.5 Å². The quantitative estimate of drug-likeness (QED) is 0.762. The number of H-pyrrole nitrogens is 1.